The molecular weight excluding hydrogens is 346 g/mol. The predicted octanol–water partition coefficient (Wildman–Crippen LogP) is 3.84. The minimum Gasteiger partial charge on any atom is -0.609 e. The number of para-hydroxylation sites is 2. The van der Waals surface area contributed by atoms with Gasteiger partial charge in [-0.3, -0.25) is 9.97 Å². The SMILES string of the molecule is [O-][S+](Cc1cc(OCc2ccccc2)ccn1)c1nc2ccccc2[nH]1. The number of nitrogens with zero attached hydrogens (tertiary/aromatic N) is 2. The highest BCUT2D eigenvalue weighted by atomic mass is 32.2. The topological polar surface area (TPSA) is 73.9 Å². The van der Waals surface area contributed by atoms with E-state index in [1.165, 1.54) is 0 Å². The van der Waals surface area contributed by atoms with Crippen molar-refractivity contribution >= 4 is 22.2 Å². The van der Waals surface area contributed by atoms with Gasteiger partial charge in [0.05, 0.1) is 16.7 Å². The average Bonchev–Trinajstić information content (AvgIpc) is 3.12. The molecule has 0 aliphatic rings. The molecule has 2 aromatic carbocycles. The first-order valence-electron chi connectivity index (χ1n) is 8.23. The number of pyridine rings is 1. The molecule has 0 saturated carbocycles. The van der Waals surface area contributed by atoms with Crippen LogP contribution in [0.3, 0.4) is 0 Å². The Labute approximate surface area is 154 Å². The van der Waals surface area contributed by atoms with E-state index in [1.807, 2.05) is 60.7 Å². The predicted molar refractivity (Wildman–Crippen MR) is 101 cm³/mol. The van der Waals surface area contributed by atoms with Crippen LogP contribution in [0.4, 0.5) is 0 Å². The van der Waals surface area contributed by atoms with E-state index in [0.29, 0.717) is 23.2 Å². The molecule has 6 heteroatoms. The Hall–Kier alpha value is -2.83. The molecule has 5 nitrogen and oxygen atoms in total. The normalized spacial score (nSPS) is 12.2. The third-order valence-electron chi connectivity index (χ3n) is 3.90. The highest BCUT2D eigenvalue weighted by Gasteiger charge is 2.18. The molecule has 1 N–H and O–H groups in total. The monoisotopic (exact) mass is 363 g/mol. The van der Waals surface area contributed by atoms with Gasteiger partial charge in [0.15, 0.2) is 5.75 Å². The Morgan fingerprint density at radius 1 is 1.00 bits per heavy atom. The summed E-state index contributed by atoms with van der Waals surface area (Å²) < 4.78 is 18.4. The number of imidazole rings is 1. The van der Waals surface area contributed by atoms with Gasteiger partial charge in [0.2, 0.25) is 0 Å². The lowest BCUT2D eigenvalue weighted by Crippen LogP contribution is -2.08. The molecule has 0 aliphatic carbocycles. The first-order valence-corrected chi connectivity index (χ1v) is 9.54. The molecular formula is C20H17N3O2S. The van der Waals surface area contributed by atoms with E-state index in [1.54, 1.807) is 12.3 Å². The molecule has 2 heterocycles. The van der Waals surface area contributed by atoms with Gasteiger partial charge in [-0.1, -0.05) is 42.5 Å². The first kappa shape index (κ1) is 16.6. The molecule has 0 fully saturated rings. The number of aromatic nitrogens is 3. The summed E-state index contributed by atoms with van der Waals surface area (Å²) in [5, 5.41) is 0.462. The van der Waals surface area contributed by atoms with Crippen molar-refractivity contribution in [3.63, 3.8) is 0 Å². The van der Waals surface area contributed by atoms with Gasteiger partial charge in [0, 0.05) is 23.4 Å². The fourth-order valence-corrected chi connectivity index (χ4v) is 3.59. The van der Waals surface area contributed by atoms with E-state index >= 15 is 0 Å². The largest absolute Gasteiger partial charge is 0.609 e. The maximum Gasteiger partial charge on any atom is 0.322 e. The van der Waals surface area contributed by atoms with Crippen molar-refractivity contribution in [3.05, 3.63) is 84.2 Å². The van der Waals surface area contributed by atoms with E-state index in [0.717, 1.165) is 16.6 Å². The number of nitrogens with one attached hydrogen (secondary N) is 1. The van der Waals surface area contributed by atoms with E-state index in [4.69, 9.17) is 4.74 Å². The molecule has 1 unspecified atom stereocenters. The first-order chi connectivity index (χ1) is 12.8. The molecule has 0 aliphatic heterocycles. The van der Waals surface area contributed by atoms with Crippen LogP contribution in [0.1, 0.15) is 11.3 Å². The lowest BCUT2D eigenvalue weighted by atomic mass is 10.2. The van der Waals surface area contributed by atoms with Crippen LogP contribution in [0.15, 0.2) is 78.1 Å². The number of benzene rings is 2. The van der Waals surface area contributed by atoms with E-state index in [-0.39, 0.29) is 5.75 Å². The Morgan fingerprint density at radius 3 is 2.65 bits per heavy atom. The van der Waals surface area contributed by atoms with Crippen molar-refractivity contribution in [2.75, 3.05) is 0 Å². The van der Waals surface area contributed by atoms with Crippen LogP contribution in [0.2, 0.25) is 0 Å². The molecule has 0 radical (unpaired) electrons. The summed E-state index contributed by atoms with van der Waals surface area (Å²) in [5.74, 6) is 0.989. The van der Waals surface area contributed by atoms with Crippen LogP contribution in [0.5, 0.6) is 5.75 Å². The minimum atomic E-state index is -1.30. The molecule has 0 spiro atoms. The zero-order chi connectivity index (χ0) is 17.8. The van der Waals surface area contributed by atoms with Crippen molar-refractivity contribution in [3.8, 4) is 5.75 Å². The Balaban J connectivity index is 1.44. The number of fused-ring (bicyclic) bond motifs is 1. The second-order valence-electron chi connectivity index (χ2n) is 5.81. The van der Waals surface area contributed by atoms with Crippen molar-refractivity contribution in [1.82, 2.24) is 15.0 Å². The number of hydrogen-bond acceptors (Lipinski definition) is 4. The summed E-state index contributed by atoms with van der Waals surface area (Å²) in [6.45, 7) is 0.483. The Morgan fingerprint density at radius 2 is 1.81 bits per heavy atom. The fourth-order valence-electron chi connectivity index (χ4n) is 2.61. The van der Waals surface area contributed by atoms with Crippen LogP contribution < -0.4 is 4.74 Å². The number of aromatic amines is 1. The van der Waals surface area contributed by atoms with Crippen molar-refractivity contribution in [2.45, 2.75) is 17.5 Å². The molecule has 4 rings (SSSR count). The molecule has 0 bridgehead atoms. The summed E-state index contributed by atoms with van der Waals surface area (Å²) in [7, 11) is 0. The zero-order valence-electron chi connectivity index (χ0n) is 14.0. The van der Waals surface area contributed by atoms with Gasteiger partial charge < -0.3 is 9.29 Å². The second kappa shape index (κ2) is 7.59. The van der Waals surface area contributed by atoms with Crippen molar-refractivity contribution in [1.29, 1.82) is 0 Å². The summed E-state index contributed by atoms with van der Waals surface area (Å²) in [4.78, 5) is 11.8. The van der Waals surface area contributed by atoms with E-state index in [9.17, 15) is 4.55 Å². The lowest BCUT2D eigenvalue weighted by Gasteiger charge is -2.09. The molecule has 0 saturated heterocycles. The van der Waals surface area contributed by atoms with Crippen LogP contribution >= 0.6 is 0 Å². The fraction of sp³-hybridized carbons (Fsp3) is 0.100. The number of hydrogen-bond donors (Lipinski definition) is 1. The highest BCUT2D eigenvalue weighted by molar-refractivity contribution is 7.90. The van der Waals surface area contributed by atoms with Gasteiger partial charge in [0.1, 0.15) is 12.4 Å². The smallest absolute Gasteiger partial charge is 0.322 e. The van der Waals surface area contributed by atoms with Gasteiger partial charge in [-0.25, -0.2) is 0 Å². The number of H-pyrrole nitrogens is 1. The minimum absolute atomic E-state index is 0.280. The molecule has 2 aromatic heterocycles. The highest BCUT2D eigenvalue weighted by Crippen LogP contribution is 2.20. The molecule has 4 aromatic rings. The van der Waals surface area contributed by atoms with Gasteiger partial charge >= 0.3 is 5.16 Å². The van der Waals surface area contributed by atoms with Crippen molar-refractivity contribution in [2.24, 2.45) is 0 Å². The third kappa shape index (κ3) is 3.87. The van der Waals surface area contributed by atoms with E-state index in [2.05, 4.69) is 15.0 Å². The van der Waals surface area contributed by atoms with Crippen LogP contribution in [-0.2, 0) is 23.5 Å². The summed E-state index contributed by atoms with van der Waals surface area (Å²) >= 11 is -1.30. The number of rotatable bonds is 6. The molecule has 26 heavy (non-hydrogen) atoms. The van der Waals surface area contributed by atoms with Crippen LogP contribution in [0, 0.1) is 0 Å². The summed E-state index contributed by atoms with van der Waals surface area (Å²) in [5.41, 5.74) is 3.48. The lowest BCUT2D eigenvalue weighted by molar-refractivity contribution is 0.305. The van der Waals surface area contributed by atoms with Gasteiger partial charge in [0.25, 0.3) is 0 Å². The summed E-state index contributed by atoms with van der Waals surface area (Å²) in [6, 6.07) is 21.2. The molecule has 0 amide bonds. The zero-order valence-corrected chi connectivity index (χ0v) is 14.8. The Kier molecular flexibility index (Phi) is 4.86. The standard InChI is InChI=1S/C20H17N3O2S/c24-26(20-22-18-8-4-5-9-19(18)23-20)14-16-12-17(10-11-21-16)25-13-15-6-2-1-3-7-15/h1-12H,13-14H2,(H,22,23). The molecule has 130 valence electrons. The van der Waals surface area contributed by atoms with Crippen molar-refractivity contribution < 1.29 is 9.29 Å². The second-order valence-corrected chi connectivity index (χ2v) is 7.17. The van der Waals surface area contributed by atoms with Crippen LogP contribution in [-0.4, -0.2) is 19.5 Å². The molecule has 1 atom stereocenters. The van der Waals surface area contributed by atoms with Gasteiger partial charge in [-0.2, -0.15) is 4.98 Å². The third-order valence-corrected chi connectivity index (χ3v) is 5.08. The maximum absolute atomic E-state index is 12.6. The summed E-state index contributed by atoms with van der Waals surface area (Å²) in [6.07, 6.45) is 1.67. The average molecular weight is 363 g/mol. The van der Waals surface area contributed by atoms with Gasteiger partial charge in [-0.15, -0.1) is 0 Å². The Bertz CT molecular complexity index is 971. The quantitative estimate of drug-likeness (QED) is 0.528. The van der Waals surface area contributed by atoms with Crippen LogP contribution in [0.25, 0.3) is 11.0 Å². The maximum atomic E-state index is 12.6. The van der Waals surface area contributed by atoms with Gasteiger partial charge in [-0.05, 0) is 23.8 Å². The van der Waals surface area contributed by atoms with E-state index < -0.39 is 11.2 Å². The number of ether oxygens (including phenoxy) is 1.